The third-order valence-corrected chi connectivity index (χ3v) is 4.26. The highest BCUT2D eigenvalue weighted by atomic mass is 32.1. The normalized spacial score (nSPS) is 14.2. The van der Waals surface area contributed by atoms with Crippen LogP contribution in [0, 0.1) is 6.92 Å². The molecule has 0 radical (unpaired) electrons. The Morgan fingerprint density at radius 1 is 1.22 bits per heavy atom. The largest absolute Gasteiger partial charge is 0.494 e. The molecule has 0 spiro atoms. The zero-order chi connectivity index (χ0) is 13.2. The summed E-state index contributed by atoms with van der Waals surface area (Å²) in [6, 6.07) is 9.67. The third-order valence-electron chi connectivity index (χ3n) is 3.03. The van der Waals surface area contributed by atoms with Crippen LogP contribution in [-0.2, 0) is 5.60 Å². The fourth-order valence-corrected chi connectivity index (χ4v) is 3.05. The summed E-state index contributed by atoms with van der Waals surface area (Å²) in [7, 11) is 0. The van der Waals surface area contributed by atoms with Crippen LogP contribution in [0.4, 0.5) is 0 Å². The predicted molar refractivity (Wildman–Crippen MR) is 75.3 cm³/mol. The summed E-state index contributed by atoms with van der Waals surface area (Å²) in [4.78, 5) is 0.992. The molecule has 96 valence electrons. The quantitative estimate of drug-likeness (QED) is 0.910. The number of benzene rings is 1. The molecule has 0 aliphatic rings. The molecule has 0 bridgehead atoms. The Labute approximate surface area is 112 Å². The van der Waals surface area contributed by atoms with Gasteiger partial charge in [0.25, 0.3) is 0 Å². The highest BCUT2D eigenvalue weighted by molar-refractivity contribution is 7.10. The molecular formula is C15H18O2S. The molecule has 1 atom stereocenters. The van der Waals surface area contributed by atoms with E-state index < -0.39 is 5.60 Å². The first kappa shape index (κ1) is 13.1. The van der Waals surface area contributed by atoms with E-state index in [1.54, 1.807) is 11.3 Å². The summed E-state index contributed by atoms with van der Waals surface area (Å²) in [6.07, 6.45) is 0. The minimum atomic E-state index is -0.941. The van der Waals surface area contributed by atoms with E-state index >= 15 is 0 Å². The molecule has 2 aromatic rings. The molecule has 0 saturated carbocycles. The van der Waals surface area contributed by atoms with E-state index in [1.165, 1.54) is 0 Å². The lowest BCUT2D eigenvalue weighted by atomic mass is 9.92. The SMILES string of the molecule is CCOc1ccc(C(C)(O)c2sccc2C)cc1. The molecule has 0 aliphatic carbocycles. The first-order valence-corrected chi connectivity index (χ1v) is 6.94. The smallest absolute Gasteiger partial charge is 0.121 e. The number of aliphatic hydroxyl groups is 1. The Morgan fingerprint density at radius 3 is 2.39 bits per heavy atom. The highest BCUT2D eigenvalue weighted by Gasteiger charge is 2.28. The number of ether oxygens (including phenoxy) is 1. The lowest BCUT2D eigenvalue weighted by molar-refractivity contribution is 0.105. The maximum atomic E-state index is 10.7. The summed E-state index contributed by atoms with van der Waals surface area (Å²) < 4.78 is 5.41. The van der Waals surface area contributed by atoms with Crippen molar-refractivity contribution in [1.29, 1.82) is 0 Å². The van der Waals surface area contributed by atoms with Crippen molar-refractivity contribution in [2.75, 3.05) is 6.61 Å². The number of aryl methyl sites for hydroxylation is 1. The predicted octanol–water partition coefficient (Wildman–Crippen LogP) is 3.71. The van der Waals surface area contributed by atoms with Gasteiger partial charge in [-0.1, -0.05) is 12.1 Å². The molecule has 0 aliphatic heterocycles. The van der Waals surface area contributed by atoms with Gasteiger partial charge in [0, 0.05) is 4.88 Å². The molecule has 1 unspecified atom stereocenters. The van der Waals surface area contributed by atoms with E-state index in [2.05, 4.69) is 0 Å². The van der Waals surface area contributed by atoms with Gasteiger partial charge >= 0.3 is 0 Å². The van der Waals surface area contributed by atoms with Crippen molar-refractivity contribution >= 4 is 11.3 Å². The molecule has 2 rings (SSSR count). The minimum absolute atomic E-state index is 0.653. The number of hydrogen-bond donors (Lipinski definition) is 1. The maximum absolute atomic E-state index is 10.7. The zero-order valence-corrected chi connectivity index (χ0v) is 11.8. The van der Waals surface area contributed by atoms with Gasteiger partial charge in [-0.05, 0) is 55.5 Å². The van der Waals surface area contributed by atoms with Gasteiger partial charge in [-0.15, -0.1) is 11.3 Å². The van der Waals surface area contributed by atoms with E-state index in [4.69, 9.17) is 4.74 Å². The molecule has 0 fully saturated rings. The van der Waals surface area contributed by atoms with Crippen LogP contribution < -0.4 is 4.74 Å². The summed E-state index contributed by atoms with van der Waals surface area (Å²) in [6.45, 7) is 6.47. The van der Waals surface area contributed by atoms with Crippen LogP contribution in [0.5, 0.6) is 5.75 Å². The van der Waals surface area contributed by atoms with Gasteiger partial charge in [0.05, 0.1) is 6.61 Å². The number of rotatable bonds is 4. The fourth-order valence-electron chi connectivity index (χ4n) is 2.04. The minimum Gasteiger partial charge on any atom is -0.494 e. The summed E-state index contributed by atoms with van der Waals surface area (Å²) in [5, 5.41) is 12.7. The molecule has 18 heavy (non-hydrogen) atoms. The molecule has 0 saturated heterocycles. The van der Waals surface area contributed by atoms with E-state index in [0.717, 1.165) is 21.8 Å². The Morgan fingerprint density at radius 2 is 1.89 bits per heavy atom. The molecule has 1 aromatic heterocycles. The van der Waals surface area contributed by atoms with Gasteiger partial charge in [-0.3, -0.25) is 0 Å². The van der Waals surface area contributed by atoms with Gasteiger partial charge < -0.3 is 9.84 Å². The van der Waals surface area contributed by atoms with Crippen molar-refractivity contribution in [1.82, 2.24) is 0 Å². The Bertz CT molecular complexity index is 512. The van der Waals surface area contributed by atoms with Crippen molar-refractivity contribution in [3.05, 3.63) is 51.7 Å². The van der Waals surface area contributed by atoms with Crippen molar-refractivity contribution < 1.29 is 9.84 Å². The zero-order valence-electron chi connectivity index (χ0n) is 10.9. The second-order valence-corrected chi connectivity index (χ2v) is 5.38. The van der Waals surface area contributed by atoms with Gasteiger partial charge in [-0.2, -0.15) is 0 Å². The monoisotopic (exact) mass is 262 g/mol. The van der Waals surface area contributed by atoms with Crippen LogP contribution in [0.3, 0.4) is 0 Å². The number of thiophene rings is 1. The van der Waals surface area contributed by atoms with Crippen LogP contribution in [0.2, 0.25) is 0 Å². The topological polar surface area (TPSA) is 29.5 Å². The second kappa shape index (κ2) is 5.12. The van der Waals surface area contributed by atoms with E-state index in [9.17, 15) is 5.11 Å². The second-order valence-electron chi connectivity index (χ2n) is 4.46. The van der Waals surface area contributed by atoms with Crippen LogP contribution in [0.15, 0.2) is 35.7 Å². The average Bonchev–Trinajstić information content (AvgIpc) is 2.77. The first-order valence-electron chi connectivity index (χ1n) is 6.06. The van der Waals surface area contributed by atoms with Crippen molar-refractivity contribution in [2.45, 2.75) is 26.4 Å². The maximum Gasteiger partial charge on any atom is 0.121 e. The van der Waals surface area contributed by atoms with Gasteiger partial charge in [-0.25, -0.2) is 0 Å². The van der Waals surface area contributed by atoms with Crippen LogP contribution in [0.25, 0.3) is 0 Å². The van der Waals surface area contributed by atoms with Gasteiger partial charge in [0.2, 0.25) is 0 Å². The van der Waals surface area contributed by atoms with Crippen LogP contribution in [0.1, 0.15) is 29.9 Å². The van der Waals surface area contributed by atoms with Crippen molar-refractivity contribution in [2.24, 2.45) is 0 Å². The van der Waals surface area contributed by atoms with E-state index in [-0.39, 0.29) is 0 Å². The van der Waals surface area contributed by atoms with Crippen molar-refractivity contribution in [3.8, 4) is 5.75 Å². The number of hydrogen-bond acceptors (Lipinski definition) is 3. The Kier molecular flexibility index (Phi) is 3.73. The summed E-state index contributed by atoms with van der Waals surface area (Å²) in [5.41, 5.74) is 1.07. The molecule has 1 N–H and O–H groups in total. The Balaban J connectivity index is 2.32. The lowest BCUT2D eigenvalue weighted by Gasteiger charge is -2.24. The lowest BCUT2D eigenvalue weighted by Crippen LogP contribution is -2.22. The fraction of sp³-hybridized carbons (Fsp3) is 0.333. The molecule has 2 nitrogen and oxygen atoms in total. The standard InChI is InChI=1S/C15H18O2S/c1-4-17-13-7-5-12(6-8-13)15(3,16)14-11(2)9-10-18-14/h5-10,16H,4H2,1-3H3. The third kappa shape index (κ3) is 2.42. The Hall–Kier alpha value is -1.32. The molecule has 1 aromatic carbocycles. The first-order chi connectivity index (χ1) is 8.55. The average molecular weight is 262 g/mol. The summed E-state index contributed by atoms with van der Waals surface area (Å²) >= 11 is 1.58. The van der Waals surface area contributed by atoms with Gasteiger partial charge in [0.15, 0.2) is 0 Å². The van der Waals surface area contributed by atoms with Crippen molar-refractivity contribution in [3.63, 3.8) is 0 Å². The van der Waals surface area contributed by atoms with Gasteiger partial charge in [0.1, 0.15) is 11.4 Å². The van der Waals surface area contributed by atoms with Crippen LogP contribution >= 0.6 is 11.3 Å². The molecule has 1 heterocycles. The van der Waals surface area contributed by atoms with E-state index in [0.29, 0.717) is 6.61 Å². The summed E-state index contributed by atoms with van der Waals surface area (Å²) in [5.74, 6) is 0.833. The molecule has 0 amide bonds. The van der Waals surface area contributed by atoms with Crippen LogP contribution in [-0.4, -0.2) is 11.7 Å². The molecule has 3 heteroatoms. The highest BCUT2D eigenvalue weighted by Crippen LogP contribution is 2.35. The molecular weight excluding hydrogens is 244 g/mol. The van der Waals surface area contributed by atoms with E-state index in [1.807, 2.05) is 56.5 Å².